The minimum Gasteiger partial charge on any atom is -1.00 e. The molecule has 0 saturated carbocycles. The normalized spacial score (nSPS) is 15.2. The molecule has 3 aromatic carbocycles. The maximum Gasteiger partial charge on any atom is -1.00 e. The molecular formula is C30H31Cl2O2SiZr. The molecule has 3 aromatic rings. The van der Waals surface area contributed by atoms with Crippen molar-refractivity contribution in [3.63, 3.8) is 0 Å². The zero-order valence-corrected chi connectivity index (χ0v) is 26.4. The molecular weight excluding hydrogens is 583 g/mol. The van der Waals surface area contributed by atoms with Crippen LogP contribution in [0.3, 0.4) is 0 Å². The first kappa shape index (κ1) is 29.1. The van der Waals surface area contributed by atoms with E-state index in [1.54, 1.807) is 0 Å². The molecule has 0 N–H and O–H groups in total. The number of allylic oxidation sites excluding steroid dienone is 1. The molecule has 6 heteroatoms. The molecule has 2 nitrogen and oxygen atoms in total. The first-order chi connectivity index (χ1) is 16.3. The Morgan fingerprint density at radius 3 is 2.19 bits per heavy atom. The van der Waals surface area contributed by atoms with Gasteiger partial charge in [-0.2, -0.15) is 0 Å². The number of benzene rings is 3. The quantitative estimate of drug-likeness (QED) is 0.277. The minimum atomic E-state index is -1.56. The Kier molecular flexibility index (Phi) is 9.34. The zero-order chi connectivity index (χ0) is 24.0. The molecule has 0 amide bonds. The molecule has 1 unspecified atom stereocenters. The fourth-order valence-corrected chi connectivity index (χ4v) is 7.04. The molecule has 36 heavy (non-hydrogen) atoms. The van der Waals surface area contributed by atoms with Crippen molar-refractivity contribution in [2.45, 2.75) is 39.4 Å². The van der Waals surface area contributed by atoms with E-state index in [1.807, 2.05) is 0 Å². The second-order valence-electron chi connectivity index (χ2n) is 10.3. The van der Waals surface area contributed by atoms with Gasteiger partial charge in [0, 0.05) is 0 Å². The molecule has 0 heterocycles. The van der Waals surface area contributed by atoms with E-state index in [2.05, 4.69) is 100 Å². The van der Waals surface area contributed by atoms with Gasteiger partial charge >= 0.3 is 219 Å². The molecule has 0 fully saturated rings. The Bertz CT molecular complexity index is 1540. The molecule has 2 aliphatic carbocycles. The van der Waals surface area contributed by atoms with Crippen LogP contribution in [0.1, 0.15) is 42.0 Å². The summed E-state index contributed by atoms with van der Waals surface area (Å²) in [6.45, 7) is 12.3. The van der Waals surface area contributed by atoms with Gasteiger partial charge in [0.2, 0.25) is 0 Å². The van der Waals surface area contributed by atoms with Crippen LogP contribution < -0.4 is 35.3 Å². The van der Waals surface area contributed by atoms with Gasteiger partial charge in [-0.1, -0.05) is 0 Å². The Labute approximate surface area is 242 Å². The number of fused-ring (bicyclic) bond motifs is 3. The summed E-state index contributed by atoms with van der Waals surface area (Å²) in [7, 11) is -1.56. The fourth-order valence-electron chi connectivity index (χ4n) is 5.15. The second kappa shape index (κ2) is 11.5. The Hall–Kier alpha value is -1.42. The number of hydrogen-bond donors (Lipinski definition) is 0. The van der Waals surface area contributed by atoms with Crippen molar-refractivity contribution < 1.29 is 58.7 Å². The molecule has 0 bridgehead atoms. The van der Waals surface area contributed by atoms with Crippen molar-refractivity contribution in [3.8, 4) is 0 Å². The summed E-state index contributed by atoms with van der Waals surface area (Å²) in [6, 6.07) is 22.2. The van der Waals surface area contributed by atoms with E-state index in [9.17, 15) is 0 Å². The van der Waals surface area contributed by atoms with E-state index < -0.39 is 8.32 Å². The summed E-state index contributed by atoms with van der Waals surface area (Å²) in [4.78, 5) is 0. The van der Waals surface area contributed by atoms with Gasteiger partial charge in [-0.05, 0) is 0 Å². The predicted molar refractivity (Wildman–Crippen MR) is 139 cm³/mol. The fraction of sp³-hybridized carbons (Fsp3) is 0.267. The molecule has 0 spiro atoms. The number of rotatable bonds is 6. The van der Waals surface area contributed by atoms with E-state index >= 15 is 0 Å². The maximum atomic E-state index is 6.50. The third kappa shape index (κ3) is 5.40. The molecule has 185 valence electrons. The SMILES string of the molecule is CC(C)=c1ccc2c(c1C1C(OCCO[Si](C)(C)C)=Cc3ccccc31)[C]([Zr+2])=c1ccccc1=2.[Cl-].[Cl-]. The molecule has 2 aliphatic rings. The second-order valence-corrected chi connectivity index (χ2v) is 16.0. The summed E-state index contributed by atoms with van der Waals surface area (Å²) in [5.41, 5.74) is 6.73. The summed E-state index contributed by atoms with van der Waals surface area (Å²) in [5, 5.41) is 5.42. The summed E-state index contributed by atoms with van der Waals surface area (Å²) in [6.07, 6.45) is 2.24. The monoisotopic (exact) mass is 611 g/mol. The van der Waals surface area contributed by atoms with Gasteiger partial charge in [-0.25, -0.2) is 0 Å². The molecule has 0 aliphatic heterocycles. The van der Waals surface area contributed by atoms with Crippen molar-refractivity contribution in [1.82, 2.24) is 0 Å². The first-order valence-electron chi connectivity index (χ1n) is 12.0. The van der Waals surface area contributed by atoms with Crippen LogP contribution in [0.2, 0.25) is 19.6 Å². The largest absolute Gasteiger partial charge is 1.00 e. The molecule has 0 aromatic heterocycles. The van der Waals surface area contributed by atoms with Gasteiger partial charge in [0.25, 0.3) is 0 Å². The molecule has 0 radical (unpaired) electrons. The van der Waals surface area contributed by atoms with Gasteiger partial charge in [-0.3, -0.25) is 0 Å². The smallest absolute Gasteiger partial charge is 1.00 e. The first-order valence-corrected chi connectivity index (χ1v) is 16.6. The summed E-state index contributed by atoms with van der Waals surface area (Å²) >= 11 is 1.45. The van der Waals surface area contributed by atoms with Crippen molar-refractivity contribution in [1.29, 1.82) is 0 Å². The van der Waals surface area contributed by atoms with Gasteiger partial charge in [-0.15, -0.1) is 0 Å². The van der Waals surface area contributed by atoms with Crippen LogP contribution >= 0.6 is 0 Å². The van der Waals surface area contributed by atoms with E-state index in [1.165, 1.54) is 76.7 Å². The van der Waals surface area contributed by atoms with Crippen LogP contribution in [0.15, 0.2) is 66.4 Å². The number of halogens is 2. The standard InChI is InChI=1S/C30H31O2Si.2ClH.Zr/c1-20(2)23-14-15-26-24-12-8-6-10-21(24)18-27(26)29(23)30-25-13-9-7-11-22(25)19-28(30)31-16-17-32-33(3,4)5;;;/h6-15,19,30H,16-17H2,1-5H3;2*1H;/q;;;+2/p-2. The minimum absolute atomic E-state index is 0. The molecule has 0 saturated heterocycles. The van der Waals surface area contributed by atoms with Crippen LogP contribution in [-0.4, -0.2) is 21.5 Å². The summed E-state index contributed by atoms with van der Waals surface area (Å²) in [5.74, 6) is 1.13. The topological polar surface area (TPSA) is 18.5 Å². The Balaban J connectivity index is 0.00000180. The van der Waals surface area contributed by atoms with Crippen LogP contribution in [0.5, 0.6) is 0 Å². The van der Waals surface area contributed by atoms with Crippen molar-refractivity contribution in [3.05, 3.63) is 110 Å². The maximum absolute atomic E-state index is 6.50. The van der Waals surface area contributed by atoms with Crippen LogP contribution in [0.25, 0.3) is 14.9 Å². The van der Waals surface area contributed by atoms with Crippen LogP contribution in [-0.2, 0) is 33.9 Å². The van der Waals surface area contributed by atoms with E-state index in [4.69, 9.17) is 9.16 Å². The van der Waals surface area contributed by atoms with E-state index in [0.717, 1.165) is 5.76 Å². The predicted octanol–water partition coefficient (Wildman–Crippen LogP) is -0.457. The van der Waals surface area contributed by atoms with Gasteiger partial charge in [0.15, 0.2) is 0 Å². The Morgan fingerprint density at radius 2 is 1.50 bits per heavy atom. The van der Waals surface area contributed by atoms with Crippen molar-refractivity contribution in [2.24, 2.45) is 0 Å². The molecule has 5 rings (SSSR count). The van der Waals surface area contributed by atoms with Crippen LogP contribution in [0, 0.1) is 10.4 Å². The number of ether oxygens (including phenoxy) is 1. The Morgan fingerprint density at radius 1 is 0.833 bits per heavy atom. The van der Waals surface area contributed by atoms with E-state index in [-0.39, 0.29) is 30.7 Å². The summed E-state index contributed by atoms with van der Waals surface area (Å²) < 4.78 is 14.0. The average Bonchev–Trinajstić information content (AvgIpc) is 3.31. The van der Waals surface area contributed by atoms with Gasteiger partial charge in [0.05, 0.1) is 0 Å². The number of hydrogen-bond acceptors (Lipinski definition) is 2. The zero-order valence-electron chi connectivity index (χ0n) is 21.4. The van der Waals surface area contributed by atoms with Gasteiger partial charge < -0.3 is 24.8 Å². The van der Waals surface area contributed by atoms with Crippen molar-refractivity contribution in [2.75, 3.05) is 13.2 Å². The third-order valence-corrected chi connectivity index (χ3v) is 8.93. The van der Waals surface area contributed by atoms with E-state index in [0.29, 0.717) is 13.2 Å². The molecule has 1 atom stereocenters. The third-order valence-electron chi connectivity index (χ3n) is 6.59. The van der Waals surface area contributed by atoms with Crippen molar-refractivity contribution >= 4 is 23.2 Å². The average molecular weight is 614 g/mol. The van der Waals surface area contributed by atoms with Gasteiger partial charge in [0.1, 0.15) is 0 Å². The van der Waals surface area contributed by atoms with Crippen LogP contribution in [0.4, 0.5) is 0 Å².